The molecule has 156 valence electrons. The molecular formula is C18H39IN4O3. The van der Waals surface area contributed by atoms with Crippen LogP contribution < -0.4 is 10.6 Å². The Morgan fingerprint density at radius 2 is 1.88 bits per heavy atom. The van der Waals surface area contributed by atoms with Gasteiger partial charge in [-0.15, -0.1) is 24.0 Å². The fourth-order valence-electron chi connectivity index (χ4n) is 2.25. The molecular weight excluding hydrogens is 447 g/mol. The number of ether oxygens (including phenoxy) is 1. The number of halogens is 1. The summed E-state index contributed by atoms with van der Waals surface area (Å²) >= 11 is 0. The molecule has 0 aromatic carbocycles. The van der Waals surface area contributed by atoms with E-state index in [4.69, 9.17) is 9.84 Å². The van der Waals surface area contributed by atoms with Gasteiger partial charge in [-0.1, -0.05) is 13.3 Å². The third-order valence-corrected chi connectivity index (χ3v) is 3.53. The van der Waals surface area contributed by atoms with E-state index < -0.39 is 5.60 Å². The molecule has 0 saturated carbocycles. The van der Waals surface area contributed by atoms with E-state index in [9.17, 15) is 4.79 Å². The molecule has 0 aliphatic carbocycles. The molecule has 0 aliphatic heterocycles. The number of amides is 1. The predicted molar refractivity (Wildman–Crippen MR) is 118 cm³/mol. The second-order valence-electron chi connectivity index (χ2n) is 7.22. The number of rotatable bonds is 10. The molecule has 7 nitrogen and oxygen atoms in total. The summed E-state index contributed by atoms with van der Waals surface area (Å²) in [5.74, 6) is 1.13. The van der Waals surface area contributed by atoms with Crippen LogP contribution in [0, 0.1) is 5.92 Å². The molecule has 8 heteroatoms. The van der Waals surface area contributed by atoms with Gasteiger partial charge >= 0.3 is 6.09 Å². The lowest BCUT2D eigenvalue weighted by Crippen LogP contribution is -2.43. The van der Waals surface area contributed by atoms with Gasteiger partial charge in [-0.25, -0.2) is 4.79 Å². The molecule has 1 amide bonds. The van der Waals surface area contributed by atoms with E-state index >= 15 is 0 Å². The van der Waals surface area contributed by atoms with Crippen molar-refractivity contribution in [2.75, 3.05) is 39.8 Å². The molecule has 0 aliphatic rings. The lowest BCUT2D eigenvalue weighted by atomic mass is 10.0. The molecule has 0 bridgehead atoms. The summed E-state index contributed by atoms with van der Waals surface area (Å²) in [6.07, 6.45) is 2.59. The van der Waals surface area contributed by atoms with Gasteiger partial charge in [0.05, 0.1) is 0 Å². The van der Waals surface area contributed by atoms with E-state index in [2.05, 4.69) is 22.5 Å². The van der Waals surface area contributed by atoms with Crippen molar-refractivity contribution in [3.8, 4) is 0 Å². The summed E-state index contributed by atoms with van der Waals surface area (Å²) in [6.45, 7) is 12.5. The molecule has 1 unspecified atom stereocenters. The van der Waals surface area contributed by atoms with Gasteiger partial charge in [-0.2, -0.15) is 0 Å². The van der Waals surface area contributed by atoms with Crippen LogP contribution in [0.25, 0.3) is 0 Å². The molecule has 0 spiro atoms. The summed E-state index contributed by atoms with van der Waals surface area (Å²) in [6, 6.07) is 0. The van der Waals surface area contributed by atoms with Gasteiger partial charge in [0, 0.05) is 39.8 Å². The van der Waals surface area contributed by atoms with Crippen molar-refractivity contribution < 1.29 is 14.6 Å². The van der Waals surface area contributed by atoms with Gasteiger partial charge in [0.25, 0.3) is 0 Å². The van der Waals surface area contributed by atoms with Gasteiger partial charge in [0.1, 0.15) is 5.60 Å². The monoisotopic (exact) mass is 486 g/mol. The van der Waals surface area contributed by atoms with Crippen LogP contribution in [0.5, 0.6) is 0 Å². The first-order chi connectivity index (χ1) is 11.7. The average Bonchev–Trinajstić information content (AvgIpc) is 2.51. The van der Waals surface area contributed by atoms with Crippen LogP contribution >= 0.6 is 24.0 Å². The molecule has 0 heterocycles. The zero-order chi connectivity index (χ0) is 19.3. The SMILES string of the molecule is CCCC(CCO)CN=C(NCC)NCCN(C)C(=O)OC(C)(C)C.I. The highest BCUT2D eigenvalue weighted by Gasteiger charge is 2.19. The normalized spacial score (nSPS) is 12.8. The lowest BCUT2D eigenvalue weighted by molar-refractivity contribution is 0.0302. The molecule has 0 saturated heterocycles. The van der Waals surface area contributed by atoms with Crippen LogP contribution in [-0.2, 0) is 4.74 Å². The van der Waals surface area contributed by atoms with Gasteiger partial charge in [0.2, 0.25) is 0 Å². The standard InChI is InChI=1S/C18H38N4O3.HI/c1-7-9-15(10-13-23)14-21-16(19-8-2)20-11-12-22(6)17(24)25-18(3,4)5;/h15,23H,7-14H2,1-6H3,(H2,19,20,21);1H. The maximum absolute atomic E-state index is 11.9. The Hall–Kier alpha value is -0.770. The Balaban J connectivity index is 0. The van der Waals surface area contributed by atoms with Crippen molar-refractivity contribution in [3.63, 3.8) is 0 Å². The van der Waals surface area contributed by atoms with Gasteiger partial charge in [-0.3, -0.25) is 4.99 Å². The van der Waals surface area contributed by atoms with Crippen LogP contribution in [0.4, 0.5) is 4.79 Å². The fraction of sp³-hybridized carbons (Fsp3) is 0.889. The zero-order valence-electron chi connectivity index (χ0n) is 17.3. The van der Waals surface area contributed by atoms with Crippen molar-refractivity contribution in [1.82, 2.24) is 15.5 Å². The first kappa shape index (κ1) is 27.4. The molecule has 26 heavy (non-hydrogen) atoms. The number of nitrogens with zero attached hydrogens (tertiary/aromatic N) is 2. The molecule has 0 rings (SSSR count). The molecule has 0 aromatic rings. The molecule has 0 fully saturated rings. The Kier molecular flexibility index (Phi) is 16.2. The highest BCUT2D eigenvalue weighted by Crippen LogP contribution is 2.11. The number of aliphatic imine (C=N–C) groups is 1. The van der Waals surface area contributed by atoms with Crippen molar-refractivity contribution in [1.29, 1.82) is 0 Å². The number of carbonyl (C=O) groups excluding carboxylic acids is 1. The van der Waals surface area contributed by atoms with Crippen molar-refractivity contribution in [2.24, 2.45) is 10.9 Å². The average molecular weight is 486 g/mol. The Morgan fingerprint density at radius 1 is 1.23 bits per heavy atom. The molecule has 0 radical (unpaired) electrons. The van der Waals surface area contributed by atoms with Crippen molar-refractivity contribution in [3.05, 3.63) is 0 Å². The predicted octanol–water partition coefficient (Wildman–Crippen LogP) is 2.83. The number of likely N-dealkylation sites (N-methyl/N-ethyl adjacent to an activating group) is 1. The minimum Gasteiger partial charge on any atom is -0.444 e. The van der Waals surface area contributed by atoms with Crippen molar-refractivity contribution >= 4 is 36.0 Å². The minimum absolute atomic E-state index is 0. The lowest BCUT2D eigenvalue weighted by Gasteiger charge is -2.25. The summed E-state index contributed by atoms with van der Waals surface area (Å²) < 4.78 is 5.33. The number of nitrogens with one attached hydrogen (secondary N) is 2. The van der Waals surface area contributed by atoms with Crippen LogP contribution in [-0.4, -0.2) is 67.5 Å². The quantitative estimate of drug-likeness (QED) is 0.251. The largest absolute Gasteiger partial charge is 0.444 e. The van der Waals surface area contributed by atoms with Crippen molar-refractivity contribution in [2.45, 2.75) is 59.5 Å². The number of guanidine groups is 1. The highest BCUT2D eigenvalue weighted by molar-refractivity contribution is 14.0. The van der Waals surface area contributed by atoms with E-state index in [1.54, 1.807) is 11.9 Å². The van der Waals surface area contributed by atoms with E-state index in [1.807, 2.05) is 27.7 Å². The van der Waals surface area contributed by atoms with E-state index in [0.717, 1.165) is 31.8 Å². The maximum Gasteiger partial charge on any atom is 0.410 e. The topological polar surface area (TPSA) is 86.2 Å². The summed E-state index contributed by atoms with van der Waals surface area (Å²) in [5, 5.41) is 15.6. The third kappa shape index (κ3) is 14.4. The van der Waals surface area contributed by atoms with Gasteiger partial charge in [-0.05, 0) is 46.5 Å². The second-order valence-corrected chi connectivity index (χ2v) is 7.22. The Morgan fingerprint density at radius 3 is 2.38 bits per heavy atom. The first-order valence-electron chi connectivity index (χ1n) is 9.30. The van der Waals surface area contributed by atoms with E-state index in [-0.39, 0.29) is 36.7 Å². The van der Waals surface area contributed by atoms with Crippen LogP contribution in [0.2, 0.25) is 0 Å². The van der Waals surface area contributed by atoms with E-state index in [0.29, 0.717) is 25.6 Å². The third-order valence-electron chi connectivity index (χ3n) is 3.53. The van der Waals surface area contributed by atoms with Gasteiger partial charge < -0.3 is 25.4 Å². The minimum atomic E-state index is -0.490. The number of hydrogen-bond acceptors (Lipinski definition) is 4. The van der Waals surface area contributed by atoms with Crippen LogP contribution in [0.3, 0.4) is 0 Å². The maximum atomic E-state index is 11.9. The summed E-state index contributed by atoms with van der Waals surface area (Å²) in [5.41, 5.74) is -0.490. The van der Waals surface area contributed by atoms with Gasteiger partial charge in [0.15, 0.2) is 5.96 Å². The second kappa shape index (κ2) is 15.3. The van der Waals surface area contributed by atoms with Crippen LogP contribution in [0.15, 0.2) is 4.99 Å². The number of hydrogen-bond donors (Lipinski definition) is 3. The summed E-state index contributed by atoms with van der Waals surface area (Å²) in [7, 11) is 1.72. The highest BCUT2D eigenvalue weighted by atomic mass is 127. The summed E-state index contributed by atoms with van der Waals surface area (Å²) in [4.78, 5) is 18.1. The fourth-order valence-corrected chi connectivity index (χ4v) is 2.25. The number of aliphatic hydroxyl groups excluding tert-OH is 1. The molecule has 0 aromatic heterocycles. The Bertz CT molecular complexity index is 394. The van der Waals surface area contributed by atoms with E-state index in [1.165, 1.54) is 0 Å². The smallest absolute Gasteiger partial charge is 0.410 e. The zero-order valence-corrected chi connectivity index (χ0v) is 19.6. The first-order valence-corrected chi connectivity index (χ1v) is 9.30. The number of aliphatic hydroxyl groups is 1. The van der Waals surface area contributed by atoms with Crippen LogP contribution in [0.1, 0.15) is 53.9 Å². The molecule has 1 atom stereocenters. The Labute approximate surface area is 176 Å². The number of carbonyl (C=O) groups is 1. The molecule has 3 N–H and O–H groups in total.